The van der Waals surface area contributed by atoms with Crippen molar-refractivity contribution in [1.82, 2.24) is 10.6 Å². The monoisotopic (exact) mass is 349 g/mol. The van der Waals surface area contributed by atoms with Crippen molar-refractivity contribution in [1.29, 1.82) is 0 Å². The Kier molecular flexibility index (Phi) is 2.02. The molecule has 130 valence electrons. The summed E-state index contributed by atoms with van der Waals surface area (Å²) in [4.78, 5) is 23.8. The van der Waals surface area contributed by atoms with E-state index in [1.54, 1.807) is 10.6 Å². The Morgan fingerprint density at radius 2 is 2.33 bits per heavy atom. The fourth-order valence-electron chi connectivity index (χ4n) is 1.83. The molecule has 2 fully saturated rings. The molecule has 2 amide bonds. The van der Waals surface area contributed by atoms with Crippen LogP contribution in [0.4, 0.5) is 20.6 Å². The highest BCUT2D eigenvalue weighted by Crippen LogP contribution is 2.28. The average Bonchev–Trinajstić information content (AvgIpc) is 2.85. The van der Waals surface area contributed by atoms with Gasteiger partial charge in [-0.2, -0.15) is 0 Å². The molecule has 0 spiro atoms. The maximum atomic E-state index is 15.3. The van der Waals surface area contributed by atoms with E-state index >= 15 is 4.39 Å². The minimum atomic E-state index is -3.39. The van der Waals surface area contributed by atoms with Crippen LogP contribution in [0.3, 0.4) is 0 Å². The molecule has 24 heavy (non-hydrogen) atoms. The maximum absolute atomic E-state index is 15.3. The van der Waals surface area contributed by atoms with Crippen molar-refractivity contribution in [2.24, 2.45) is 0 Å². The number of amides is 2. The van der Waals surface area contributed by atoms with Crippen molar-refractivity contribution in [3.63, 3.8) is 0 Å². The summed E-state index contributed by atoms with van der Waals surface area (Å²) in [6.07, 6.45) is -5.04. The van der Waals surface area contributed by atoms with Gasteiger partial charge in [0.15, 0.2) is 0 Å². The Balaban J connectivity index is 2.12. The zero-order valence-electron chi connectivity index (χ0n) is 25.2. The average molecular weight is 349 g/mol. The highest BCUT2D eigenvalue weighted by molar-refractivity contribution is 5.90. The second-order valence-corrected chi connectivity index (χ2v) is 4.52. The van der Waals surface area contributed by atoms with E-state index in [0.29, 0.717) is 12.1 Å². The van der Waals surface area contributed by atoms with Gasteiger partial charge < -0.3 is 20.3 Å². The van der Waals surface area contributed by atoms with Gasteiger partial charge in [0.1, 0.15) is 11.9 Å². The number of benzene rings is 1. The van der Waals surface area contributed by atoms with Gasteiger partial charge in [-0.05, 0) is 18.2 Å². The Hall–Kier alpha value is -2.35. The molecule has 0 radical (unpaired) electrons. The number of ether oxygens (including phenoxy) is 1. The minimum absolute atomic E-state index is 0.0616. The largest absolute Gasteiger partial charge is 0.442 e. The van der Waals surface area contributed by atoms with Gasteiger partial charge in [0.2, 0.25) is 5.91 Å². The fourth-order valence-corrected chi connectivity index (χ4v) is 1.83. The number of cyclic esters (lactones) is 1. The second kappa shape index (κ2) is 7.04. The van der Waals surface area contributed by atoms with Crippen LogP contribution in [0.25, 0.3) is 0 Å². The van der Waals surface area contributed by atoms with Crippen LogP contribution in [-0.4, -0.2) is 57.1 Å². The molecular formula is C16H21FN4O3. The smallest absolute Gasteiger partial charge is 0.414 e. The number of nitrogens with zero attached hydrogens (tertiary/aromatic N) is 2. The molecule has 0 saturated carbocycles. The van der Waals surface area contributed by atoms with Crippen molar-refractivity contribution in [2.75, 3.05) is 48.8 Å². The number of nitrogens with one attached hydrogen (secondary N) is 2. The Morgan fingerprint density at radius 3 is 3.00 bits per heavy atom. The van der Waals surface area contributed by atoms with Crippen molar-refractivity contribution < 1.29 is 36.5 Å². The van der Waals surface area contributed by atoms with E-state index in [9.17, 15) is 9.59 Å². The molecule has 8 heteroatoms. The van der Waals surface area contributed by atoms with E-state index < -0.39 is 74.3 Å². The lowest BCUT2D eigenvalue weighted by molar-refractivity contribution is -0.119. The van der Waals surface area contributed by atoms with Gasteiger partial charge >= 0.3 is 6.09 Å². The van der Waals surface area contributed by atoms with Crippen LogP contribution in [0.15, 0.2) is 18.2 Å². The van der Waals surface area contributed by atoms with Crippen molar-refractivity contribution in [3.8, 4) is 0 Å². The van der Waals surface area contributed by atoms with Crippen LogP contribution in [0.2, 0.25) is 0 Å². The van der Waals surface area contributed by atoms with E-state index in [0.717, 1.165) is 13.0 Å². The third-order valence-corrected chi connectivity index (χ3v) is 2.83. The van der Waals surface area contributed by atoms with Crippen LogP contribution in [0.1, 0.15) is 24.7 Å². The molecule has 1 aromatic rings. The van der Waals surface area contributed by atoms with Gasteiger partial charge in [-0.1, -0.05) is 0 Å². The number of hydrogen-bond donors (Lipinski definition) is 2. The summed E-state index contributed by atoms with van der Waals surface area (Å²) >= 11 is 0. The SMILES string of the molecule is [2H]C1([2H])NC([2H])([2H])C([2H])([2H])N(c2ccc(N3C(=O)O[C@@]([2H])(C([2H])([2H])NC(C)=O)C3([2H])[2H])cc2F)C1([2H])[2H]. The molecule has 2 aliphatic heterocycles. The van der Waals surface area contributed by atoms with E-state index in [-0.39, 0.29) is 9.80 Å². The van der Waals surface area contributed by atoms with Crippen molar-refractivity contribution in [3.05, 3.63) is 24.0 Å². The molecule has 3 rings (SSSR count). The predicted octanol–water partition coefficient (Wildman–Crippen LogP) is 0.697. The van der Waals surface area contributed by atoms with Gasteiger partial charge in [0, 0.05) is 38.4 Å². The van der Waals surface area contributed by atoms with Crippen molar-refractivity contribution in [2.45, 2.75) is 13.0 Å². The molecular weight excluding hydrogens is 315 g/mol. The topological polar surface area (TPSA) is 73.9 Å². The lowest BCUT2D eigenvalue weighted by Crippen LogP contribution is -2.43. The van der Waals surface area contributed by atoms with Crippen LogP contribution < -0.4 is 20.4 Å². The molecule has 2 saturated heterocycles. The van der Waals surface area contributed by atoms with Crippen molar-refractivity contribution >= 4 is 23.4 Å². The first-order chi connectivity index (χ1) is 16.4. The Morgan fingerprint density at radius 1 is 1.58 bits per heavy atom. The number of carbonyl (C=O) groups is 2. The number of halogens is 1. The van der Waals surface area contributed by atoms with Crippen LogP contribution >= 0.6 is 0 Å². The van der Waals surface area contributed by atoms with E-state index in [2.05, 4.69) is 4.74 Å². The molecule has 0 aliphatic carbocycles. The summed E-state index contributed by atoms with van der Waals surface area (Å²) in [6, 6.07) is 1.79. The minimum Gasteiger partial charge on any atom is -0.442 e. The van der Waals surface area contributed by atoms with Gasteiger partial charge in [-0.3, -0.25) is 9.69 Å². The second-order valence-electron chi connectivity index (χ2n) is 4.52. The Bertz CT molecular complexity index is 1120. The van der Waals surface area contributed by atoms with E-state index in [1.807, 2.05) is 0 Å². The quantitative estimate of drug-likeness (QED) is 0.837. The highest BCUT2D eigenvalue weighted by atomic mass is 19.1. The number of piperazine rings is 1. The Labute approximate surface area is 158 Å². The van der Waals surface area contributed by atoms with Crippen LogP contribution in [0.5, 0.6) is 0 Å². The van der Waals surface area contributed by atoms with E-state index in [1.165, 1.54) is 0 Å². The standard InChI is InChI=1S/C16H21FN4O3/c1-11(22)19-9-13-10-21(16(23)24-13)12-2-3-15(14(17)8-12)20-6-4-18-5-7-20/h2-3,8,13,18H,4-7,9-10H2,1H3,(H,19,22)/t13-/m0/s1/i4D2,5D2,6D2,7D2,9D2,10D2,13D. The summed E-state index contributed by atoms with van der Waals surface area (Å²) in [5.41, 5.74) is -1.68. The molecule has 2 N–H and O–H groups in total. The lowest BCUT2D eigenvalue weighted by atomic mass is 10.2. The number of anilines is 2. The zero-order valence-corrected chi connectivity index (χ0v) is 12.2. The van der Waals surface area contributed by atoms with Crippen LogP contribution in [0, 0.1) is 5.82 Å². The van der Waals surface area contributed by atoms with Gasteiger partial charge in [0.25, 0.3) is 0 Å². The lowest BCUT2D eigenvalue weighted by Gasteiger charge is -2.30. The summed E-state index contributed by atoms with van der Waals surface area (Å²) in [7, 11) is 0. The first kappa shape index (κ1) is 6.87. The van der Waals surface area contributed by atoms with Gasteiger partial charge in [0.05, 0.1) is 36.7 Å². The summed E-state index contributed by atoms with van der Waals surface area (Å²) in [5, 5.41) is 3.26. The normalized spacial score (nSPS) is 43.1. The van der Waals surface area contributed by atoms with Crippen LogP contribution in [-0.2, 0) is 9.53 Å². The third kappa shape index (κ3) is 3.59. The summed E-state index contributed by atoms with van der Waals surface area (Å²) in [5.74, 6) is -2.56. The fraction of sp³-hybridized carbons (Fsp3) is 0.500. The molecule has 0 aromatic heterocycles. The predicted molar refractivity (Wildman–Crippen MR) is 87.8 cm³/mol. The maximum Gasteiger partial charge on any atom is 0.414 e. The first-order valence-electron chi connectivity index (χ1n) is 13.1. The number of hydrogen-bond acceptors (Lipinski definition) is 5. The van der Waals surface area contributed by atoms with E-state index in [4.69, 9.17) is 17.8 Å². The molecule has 0 bridgehead atoms. The molecule has 7 nitrogen and oxygen atoms in total. The molecule has 1 atom stereocenters. The molecule has 2 aliphatic rings. The highest BCUT2D eigenvalue weighted by Gasteiger charge is 2.32. The zero-order chi connectivity index (χ0) is 28.8. The third-order valence-electron chi connectivity index (χ3n) is 2.83. The van der Waals surface area contributed by atoms with Gasteiger partial charge in [-0.25, -0.2) is 9.18 Å². The number of carbonyl (C=O) groups excluding carboxylic acids is 2. The molecule has 0 unspecified atom stereocenters. The van der Waals surface area contributed by atoms with Gasteiger partial charge in [-0.15, -0.1) is 0 Å². The molecule has 1 aromatic carbocycles. The first-order valence-corrected chi connectivity index (χ1v) is 6.59. The number of rotatable bonds is 4. The summed E-state index contributed by atoms with van der Waals surface area (Å²) in [6.45, 7) is -19.0. The summed E-state index contributed by atoms with van der Waals surface area (Å²) < 4.78 is 124. The molecule has 2 heterocycles.